The van der Waals surface area contributed by atoms with E-state index in [1.807, 2.05) is 21.1 Å². The summed E-state index contributed by atoms with van der Waals surface area (Å²) in [5.74, 6) is -2.34. The third-order valence-electron chi connectivity index (χ3n) is 17.3. The molecule has 2 unspecified atom stereocenters. The fourth-order valence-electron chi connectivity index (χ4n) is 11.4. The first-order valence-electron chi connectivity index (χ1n) is 39.4. The number of carboxylic acids is 1. The van der Waals surface area contributed by atoms with E-state index < -0.39 is 24.3 Å². The minimum atomic E-state index is -1.64. The quantitative estimate of drug-likeness (QED) is 0.0195. The van der Waals surface area contributed by atoms with Gasteiger partial charge in [-0.25, -0.2) is 0 Å². The molecule has 0 radical (unpaired) electrons. The van der Waals surface area contributed by atoms with Crippen molar-refractivity contribution in [1.82, 2.24) is 0 Å². The third kappa shape index (κ3) is 75.5. The van der Waals surface area contributed by atoms with Crippen molar-refractivity contribution in [1.29, 1.82) is 0 Å². The van der Waals surface area contributed by atoms with Crippen LogP contribution < -0.4 is 5.11 Å². The van der Waals surface area contributed by atoms with Crippen molar-refractivity contribution in [3.05, 3.63) is 97.2 Å². The van der Waals surface area contributed by atoms with E-state index in [9.17, 15) is 19.5 Å². The molecule has 0 aromatic rings. The van der Waals surface area contributed by atoms with Crippen LogP contribution >= 0.6 is 0 Å². The SMILES string of the molecule is CC/C=C\C/C=C\C/C=C\C/C=C\C/C=C\C/C=C\C/C=C\C/C=C\CCCCC(=O)OC(COC(=O)CCCCCCCCCCCCCCCCCCCCCCCCCCCCCCCCCCCCCCCCCCC)COC(OCC[N+](C)(C)C)C(=O)[O-]. The molecule has 0 rings (SSSR count). The zero-order valence-corrected chi connectivity index (χ0v) is 61.6. The largest absolute Gasteiger partial charge is 0.545 e. The minimum Gasteiger partial charge on any atom is -0.545 e. The lowest BCUT2D eigenvalue weighted by Gasteiger charge is -2.26. The number of ether oxygens (including phenoxy) is 4. The van der Waals surface area contributed by atoms with Gasteiger partial charge in [-0.1, -0.05) is 368 Å². The highest BCUT2D eigenvalue weighted by Crippen LogP contribution is 2.19. The molecule has 0 aromatic carbocycles. The normalized spacial score (nSPS) is 13.2. The molecular weight excluding hydrogens is 1150 g/mol. The van der Waals surface area contributed by atoms with Crippen LogP contribution in [0.15, 0.2) is 97.2 Å². The molecular formula is C84H149NO8. The Balaban J connectivity index is 4.02. The Hall–Kier alpha value is -3.79. The molecule has 2 atom stereocenters. The molecule has 0 aliphatic heterocycles. The molecule has 0 amide bonds. The van der Waals surface area contributed by atoms with E-state index in [-0.39, 0.29) is 38.6 Å². The Morgan fingerprint density at radius 2 is 0.613 bits per heavy atom. The van der Waals surface area contributed by atoms with Crippen LogP contribution in [0.5, 0.6) is 0 Å². The van der Waals surface area contributed by atoms with Gasteiger partial charge in [0.1, 0.15) is 13.2 Å². The number of rotatable bonds is 73. The summed E-state index contributed by atoms with van der Waals surface area (Å²) in [6.07, 6.45) is 99.8. The summed E-state index contributed by atoms with van der Waals surface area (Å²) < 4.78 is 22.8. The molecule has 0 N–H and O–H groups in total. The van der Waals surface area contributed by atoms with Gasteiger partial charge in [0.2, 0.25) is 0 Å². The first-order chi connectivity index (χ1) is 45.6. The molecule has 0 bridgehead atoms. The maximum absolute atomic E-state index is 12.9. The average Bonchev–Trinajstić information content (AvgIpc) is 3.38. The lowest BCUT2D eigenvalue weighted by molar-refractivity contribution is -0.870. The van der Waals surface area contributed by atoms with Crippen LogP contribution in [0.25, 0.3) is 0 Å². The van der Waals surface area contributed by atoms with Crippen LogP contribution in [0.2, 0.25) is 0 Å². The van der Waals surface area contributed by atoms with Gasteiger partial charge in [-0.05, 0) is 77.0 Å². The fraction of sp³-hybridized carbons (Fsp3) is 0.774. The van der Waals surface area contributed by atoms with Gasteiger partial charge in [0.05, 0.1) is 40.3 Å². The summed E-state index contributed by atoms with van der Waals surface area (Å²) in [5.41, 5.74) is 0. The number of hydrogen-bond acceptors (Lipinski definition) is 8. The third-order valence-corrected chi connectivity index (χ3v) is 17.3. The molecule has 9 nitrogen and oxygen atoms in total. The maximum atomic E-state index is 12.9. The van der Waals surface area contributed by atoms with Gasteiger partial charge >= 0.3 is 11.9 Å². The molecule has 0 saturated heterocycles. The van der Waals surface area contributed by atoms with Crippen molar-refractivity contribution in [2.45, 2.75) is 373 Å². The van der Waals surface area contributed by atoms with E-state index >= 15 is 0 Å². The summed E-state index contributed by atoms with van der Waals surface area (Å²) in [6.45, 7) is 4.62. The lowest BCUT2D eigenvalue weighted by Crippen LogP contribution is -2.44. The summed E-state index contributed by atoms with van der Waals surface area (Å²) in [6, 6.07) is 0. The van der Waals surface area contributed by atoms with E-state index in [1.54, 1.807) is 0 Å². The highest BCUT2D eigenvalue weighted by atomic mass is 16.7. The van der Waals surface area contributed by atoms with Crippen LogP contribution in [0.3, 0.4) is 0 Å². The summed E-state index contributed by atoms with van der Waals surface area (Å²) >= 11 is 0. The Kier molecular flexibility index (Phi) is 71.0. The van der Waals surface area contributed by atoms with E-state index in [0.29, 0.717) is 17.4 Å². The number of likely N-dealkylation sites (N-methyl/N-ethyl adjacent to an activating group) is 1. The molecule has 538 valence electrons. The Morgan fingerprint density at radius 3 is 0.914 bits per heavy atom. The topological polar surface area (TPSA) is 111 Å². The smallest absolute Gasteiger partial charge is 0.306 e. The van der Waals surface area contributed by atoms with Crippen LogP contribution in [0.1, 0.15) is 361 Å². The number of allylic oxidation sites excluding steroid dienone is 16. The molecule has 0 aliphatic carbocycles. The second-order valence-corrected chi connectivity index (χ2v) is 27.6. The predicted molar refractivity (Wildman–Crippen MR) is 398 cm³/mol. The van der Waals surface area contributed by atoms with Gasteiger partial charge in [0, 0.05) is 12.8 Å². The standard InChI is InChI=1S/C84H149NO8/c1-6-8-10-12-14-16-18-20-22-24-26-28-30-32-34-35-36-37-38-39-40-41-42-43-44-45-46-47-49-50-52-54-56-58-60-62-64-66-68-70-72-74-81(86)91-78-80(79-92-84(83(88)89)90-77-76-85(3,4)5)93-82(87)75-73-71-69-67-65-63-61-59-57-55-53-51-48-33-31-29-27-25-23-21-19-17-15-13-11-9-7-2/h9,11,15,17,21,23,27,29,33,48,53,55,59,61,65,67,80,84H,6-8,10,12-14,16,18-20,22,24-26,28,30-32,34-47,49-52,54,56-58,60,62-64,66,68-79H2,1-5H3/b11-9-,17-15-,23-21-,29-27-,48-33-,55-53-,61-59-,67-65-. The number of carbonyl (C=O) groups is 3. The Bertz CT molecular complexity index is 1850. The first kappa shape index (κ1) is 89.2. The number of nitrogens with zero attached hydrogens (tertiary/aromatic N) is 1. The number of carbonyl (C=O) groups excluding carboxylic acids is 3. The lowest BCUT2D eigenvalue weighted by atomic mass is 10.0. The molecule has 9 heteroatoms. The van der Waals surface area contributed by atoms with Crippen LogP contribution in [0, 0.1) is 0 Å². The van der Waals surface area contributed by atoms with Crippen molar-refractivity contribution < 1.29 is 42.9 Å². The number of quaternary nitrogens is 1. The predicted octanol–water partition coefficient (Wildman–Crippen LogP) is 23.8. The number of esters is 2. The van der Waals surface area contributed by atoms with Gasteiger partial charge in [0.25, 0.3) is 0 Å². The average molecular weight is 1300 g/mol. The second kappa shape index (κ2) is 74.0. The number of hydrogen-bond donors (Lipinski definition) is 0. The van der Waals surface area contributed by atoms with Gasteiger partial charge in [0.15, 0.2) is 12.4 Å². The molecule has 0 heterocycles. The van der Waals surface area contributed by atoms with Crippen LogP contribution in [-0.4, -0.2) is 82.3 Å². The Morgan fingerprint density at radius 1 is 0.333 bits per heavy atom. The van der Waals surface area contributed by atoms with Gasteiger partial charge in [-0.3, -0.25) is 9.59 Å². The van der Waals surface area contributed by atoms with Gasteiger partial charge in [-0.2, -0.15) is 0 Å². The van der Waals surface area contributed by atoms with Crippen LogP contribution in [0.4, 0.5) is 0 Å². The molecule has 93 heavy (non-hydrogen) atoms. The Labute approximate surface area is 575 Å². The summed E-state index contributed by atoms with van der Waals surface area (Å²) in [5, 5.41) is 11.8. The van der Waals surface area contributed by atoms with Crippen molar-refractivity contribution in [2.24, 2.45) is 0 Å². The summed E-state index contributed by atoms with van der Waals surface area (Å²) in [7, 11) is 5.92. The van der Waals surface area contributed by atoms with Gasteiger partial charge < -0.3 is 33.3 Å². The van der Waals surface area contributed by atoms with Crippen molar-refractivity contribution in [3.8, 4) is 0 Å². The minimum absolute atomic E-state index is 0.135. The zero-order chi connectivity index (χ0) is 67.5. The molecule has 0 aliphatic rings. The van der Waals surface area contributed by atoms with E-state index in [0.717, 1.165) is 83.5 Å². The van der Waals surface area contributed by atoms with E-state index in [2.05, 4.69) is 111 Å². The molecule has 0 spiro atoms. The highest BCUT2D eigenvalue weighted by Gasteiger charge is 2.22. The van der Waals surface area contributed by atoms with E-state index in [4.69, 9.17) is 18.9 Å². The summed E-state index contributed by atoms with van der Waals surface area (Å²) in [4.78, 5) is 37.5. The highest BCUT2D eigenvalue weighted by molar-refractivity contribution is 5.70. The molecule has 0 fully saturated rings. The zero-order valence-electron chi connectivity index (χ0n) is 61.6. The van der Waals surface area contributed by atoms with Crippen molar-refractivity contribution in [3.63, 3.8) is 0 Å². The van der Waals surface area contributed by atoms with Crippen molar-refractivity contribution >= 4 is 17.9 Å². The van der Waals surface area contributed by atoms with E-state index in [1.165, 1.54) is 244 Å². The fourth-order valence-corrected chi connectivity index (χ4v) is 11.4. The number of carboxylic acid groups (broad SMARTS) is 1. The second-order valence-electron chi connectivity index (χ2n) is 27.6. The number of unbranched alkanes of at least 4 members (excludes halogenated alkanes) is 42. The maximum Gasteiger partial charge on any atom is 0.306 e. The molecule has 0 saturated carbocycles. The van der Waals surface area contributed by atoms with Crippen molar-refractivity contribution in [2.75, 3.05) is 47.5 Å². The molecule has 0 aromatic heterocycles. The monoisotopic (exact) mass is 1300 g/mol. The first-order valence-corrected chi connectivity index (χ1v) is 39.4. The van der Waals surface area contributed by atoms with Crippen LogP contribution in [-0.2, 0) is 33.3 Å². The number of aliphatic carboxylic acids is 1. The van der Waals surface area contributed by atoms with Gasteiger partial charge in [-0.15, -0.1) is 0 Å².